The van der Waals surface area contributed by atoms with Crippen LogP contribution in [-0.4, -0.2) is 29.6 Å². The third kappa shape index (κ3) is 3.04. The zero-order chi connectivity index (χ0) is 15.7. The van der Waals surface area contributed by atoms with Crippen LogP contribution < -0.4 is 5.56 Å². The molecule has 0 radical (unpaired) electrons. The molecular weight excluding hydrogens is 302 g/mol. The van der Waals surface area contributed by atoms with Gasteiger partial charge in [0.05, 0.1) is 4.90 Å². The Kier molecular flexibility index (Phi) is 3.50. The van der Waals surface area contributed by atoms with Gasteiger partial charge in [-0.25, -0.2) is 18.4 Å². The Morgan fingerprint density at radius 1 is 1.09 bits per heavy atom. The lowest BCUT2D eigenvalue weighted by atomic mass is 10.1. The first-order valence-corrected chi connectivity index (χ1v) is 8.45. The van der Waals surface area contributed by atoms with Crippen molar-refractivity contribution in [3.63, 3.8) is 0 Å². The predicted molar refractivity (Wildman–Crippen MR) is 82.5 cm³/mol. The number of nitrogens with one attached hydrogen (secondary N) is 1. The molecule has 0 aliphatic heterocycles. The van der Waals surface area contributed by atoms with Gasteiger partial charge < -0.3 is 4.98 Å². The van der Waals surface area contributed by atoms with Crippen molar-refractivity contribution < 1.29 is 8.42 Å². The molecule has 7 heteroatoms. The van der Waals surface area contributed by atoms with Crippen molar-refractivity contribution in [3.05, 3.63) is 64.3 Å². The minimum absolute atomic E-state index is 0.213. The van der Waals surface area contributed by atoms with E-state index in [2.05, 4.69) is 15.0 Å². The number of pyridine rings is 1. The van der Waals surface area contributed by atoms with Gasteiger partial charge in [0.25, 0.3) is 0 Å². The van der Waals surface area contributed by atoms with Crippen LogP contribution in [-0.2, 0) is 16.3 Å². The summed E-state index contributed by atoms with van der Waals surface area (Å²) in [5, 5.41) is 0.760. The second-order valence-corrected chi connectivity index (χ2v) is 7.02. The van der Waals surface area contributed by atoms with Crippen molar-refractivity contribution in [1.82, 2.24) is 15.0 Å². The molecule has 0 saturated carbocycles. The highest BCUT2D eigenvalue weighted by Crippen LogP contribution is 2.13. The van der Waals surface area contributed by atoms with E-state index >= 15 is 0 Å². The Hall–Kier alpha value is -2.54. The maximum Gasteiger partial charge on any atom is 0.249 e. The molecule has 0 fully saturated rings. The van der Waals surface area contributed by atoms with E-state index in [-0.39, 0.29) is 10.5 Å². The summed E-state index contributed by atoms with van der Waals surface area (Å²) in [5.41, 5.74) is 1.17. The Morgan fingerprint density at radius 2 is 1.82 bits per heavy atom. The van der Waals surface area contributed by atoms with Crippen LogP contribution in [0, 0.1) is 0 Å². The highest BCUT2D eigenvalue weighted by Gasteiger charge is 2.07. The van der Waals surface area contributed by atoms with Crippen molar-refractivity contribution in [1.29, 1.82) is 0 Å². The number of benzene rings is 1. The zero-order valence-corrected chi connectivity index (χ0v) is 12.6. The van der Waals surface area contributed by atoms with Gasteiger partial charge in [0.2, 0.25) is 5.56 Å². The van der Waals surface area contributed by atoms with Gasteiger partial charge in [-0.2, -0.15) is 0 Å². The van der Waals surface area contributed by atoms with Gasteiger partial charge in [-0.15, -0.1) is 0 Å². The maximum absolute atomic E-state index is 11.4. The minimum Gasteiger partial charge on any atom is -0.306 e. The summed E-state index contributed by atoms with van der Waals surface area (Å²) in [6.45, 7) is 0. The standard InChI is InChI=1S/C15H13N3O3S/c1-22(20,21)12-5-2-10(3-6-12)8-13-16-9-11-4-7-14(19)18-15(11)17-13/h2-7,9H,8H2,1H3,(H,16,17,18,19). The van der Waals surface area contributed by atoms with E-state index in [9.17, 15) is 13.2 Å². The summed E-state index contributed by atoms with van der Waals surface area (Å²) < 4.78 is 22.8. The highest BCUT2D eigenvalue weighted by atomic mass is 32.2. The van der Waals surface area contributed by atoms with E-state index in [0.29, 0.717) is 17.9 Å². The third-order valence-electron chi connectivity index (χ3n) is 3.24. The first-order chi connectivity index (χ1) is 10.4. The summed E-state index contributed by atoms with van der Waals surface area (Å²) in [6.07, 6.45) is 3.28. The summed E-state index contributed by atoms with van der Waals surface area (Å²) >= 11 is 0. The van der Waals surface area contributed by atoms with Gasteiger partial charge in [-0.3, -0.25) is 4.79 Å². The van der Waals surface area contributed by atoms with E-state index in [1.54, 1.807) is 36.5 Å². The van der Waals surface area contributed by atoms with Crippen molar-refractivity contribution in [2.24, 2.45) is 0 Å². The molecule has 0 atom stereocenters. The van der Waals surface area contributed by atoms with Gasteiger partial charge in [-0.1, -0.05) is 12.1 Å². The molecule has 0 aliphatic carbocycles. The number of aromatic nitrogens is 3. The Balaban J connectivity index is 1.91. The average molecular weight is 315 g/mol. The van der Waals surface area contributed by atoms with Crippen molar-refractivity contribution >= 4 is 20.9 Å². The molecule has 0 saturated heterocycles. The molecule has 0 unspecified atom stereocenters. The summed E-state index contributed by atoms with van der Waals surface area (Å²) in [6, 6.07) is 9.69. The van der Waals surface area contributed by atoms with Crippen LogP contribution in [0.25, 0.3) is 11.0 Å². The molecule has 1 N–H and O–H groups in total. The topological polar surface area (TPSA) is 92.8 Å². The number of aromatic amines is 1. The lowest BCUT2D eigenvalue weighted by Crippen LogP contribution is -2.06. The van der Waals surface area contributed by atoms with Gasteiger partial charge in [0, 0.05) is 30.3 Å². The molecule has 3 rings (SSSR count). The monoisotopic (exact) mass is 315 g/mol. The van der Waals surface area contributed by atoms with E-state index in [4.69, 9.17) is 0 Å². The fourth-order valence-corrected chi connectivity index (χ4v) is 2.73. The molecule has 0 amide bonds. The second-order valence-electron chi connectivity index (χ2n) is 5.01. The largest absolute Gasteiger partial charge is 0.306 e. The summed E-state index contributed by atoms with van der Waals surface area (Å²) in [5.74, 6) is 0.557. The second kappa shape index (κ2) is 5.34. The van der Waals surface area contributed by atoms with Gasteiger partial charge >= 0.3 is 0 Å². The van der Waals surface area contributed by atoms with Crippen LogP contribution >= 0.6 is 0 Å². The summed E-state index contributed by atoms with van der Waals surface area (Å²) in [4.78, 5) is 22.8. The molecule has 6 nitrogen and oxygen atoms in total. The van der Waals surface area contributed by atoms with E-state index in [1.165, 1.54) is 12.3 Å². The fraction of sp³-hybridized carbons (Fsp3) is 0.133. The molecule has 0 spiro atoms. The van der Waals surface area contributed by atoms with E-state index < -0.39 is 9.84 Å². The number of sulfone groups is 1. The van der Waals surface area contributed by atoms with Crippen molar-refractivity contribution in [2.45, 2.75) is 11.3 Å². The van der Waals surface area contributed by atoms with E-state index in [1.807, 2.05) is 0 Å². The van der Waals surface area contributed by atoms with Crippen LogP contribution in [0.2, 0.25) is 0 Å². The Bertz CT molecular complexity index is 992. The number of rotatable bonds is 3. The van der Waals surface area contributed by atoms with Crippen molar-refractivity contribution in [3.8, 4) is 0 Å². The Labute approximate surface area is 126 Å². The normalized spacial score (nSPS) is 11.7. The van der Waals surface area contributed by atoms with Gasteiger partial charge in [0.1, 0.15) is 11.5 Å². The van der Waals surface area contributed by atoms with Crippen LogP contribution in [0.3, 0.4) is 0 Å². The zero-order valence-electron chi connectivity index (χ0n) is 11.8. The molecule has 1 aromatic carbocycles. The van der Waals surface area contributed by atoms with Crippen molar-refractivity contribution in [2.75, 3.05) is 6.26 Å². The molecule has 2 aromatic heterocycles. The van der Waals surface area contributed by atoms with E-state index in [0.717, 1.165) is 10.9 Å². The smallest absolute Gasteiger partial charge is 0.249 e. The SMILES string of the molecule is CS(=O)(=O)c1ccc(Cc2ncc3ccc(=O)[nH]c3n2)cc1. The first kappa shape index (κ1) is 14.4. The first-order valence-electron chi connectivity index (χ1n) is 6.56. The van der Waals surface area contributed by atoms with Crippen LogP contribution in [0.15, 0.2) is 52.3 Å². The van der Waals surface area contributed by atoms with Gasteiger partial charge in [-0.05, 0) is 23.8 Å². The van der Waals surface area contributed by atoms with Crippen LogP contribution in [0.1, 0.15) is 11.4 Å². The average Bonchev–Trinajstić information content (AvgIpc) is 2.46. The fourth-order valence-electron chi connectivity index (χ4n) is 2.10. The van der Waals surface area contributed by atoms with Crippen LogP contribution in [0.5, 0.6) is 0 Å². The number of nitrogens with zero attached hydrogens (tertiary/aromatic N) is 2. The lowest BCUT2D eigenvalue weighted by molar-refractivity contribution is 0.602. The molecule has 22 heavy (non-hydrogen) atoms. The predicted octanol–water partition coefficient (Wildman–Crippen LogP) is 1.31. The molecule has 2 heterocycles. The van der Waals surface area contributed by atoms with Gasteiger partial charge in [0.15, 0.2) is 9.84 Å². The van der Waals surface area contributed by atoms with Crippen LogP contribution in [0.4, 0.5) is 0 Å². The molecule has 112 valence electrons. The number of fused-ring (bicyclic) bond motifs is 1. The summed E-state index contributed by atoms with van der Waals surface area (Å²) in [7, 11) is -3.20. The number of hydrogen-bond acceptors (Lipinski definition) is 5. The highest BCUT2D eigenvalue weighted by molar-refractivity contribution is 7.90. The third-order valence-corrected chi connectivity index (χ3v) is 4.37. The number of H-pyrrole nitrogens is 1. The molecule has 0 aliphatic rings. The lowest BCUT2D eigenvalue weighted by Gasteiger charge is -2.04. The minimum atomic E-state index is -3.20. The molecule has 0 bridgehead atoms. The quantitative estimate of drug-likeness (QED) is 0.786. The molecular formula is C15H13N3O3S. The Morgan fingerprint density at radius 3 is 2.50 bits per heavy atom. The maximum atomic E-state index is 11.4. The molecule has 3 aromatic rings. The number of hydrogen-bond donors (Lipinski definition) is 1.